The molecule has 1 rings (SSSR count). The lowest BCUT2D eigenvalue weighted by Crippen LogP contribution is -2.44. The monoisotopic (exact) mass is 127 g/mol. The molecular weight excluding hydrogens is 114 g/mol. The molecule has 2 N–H and O–H groups in total. The summed E-state index contributed by atoms with van der Waals surface area (Å²) in [6.07, 6.45) is 4.48. The summed E-state index contributed by atoms with van der Waals surface area (Å²) in [7, 11) is 0. The zero-order valence-corrected chi connectivity index (χ0v) is 5.92. The second-order valence-electron chi connectivity index (χ2n) is 2.80. The van der Waals surface area contributed by atoms with Gasteiger partial charge in [-0.2, -0.15) is 0 Å². The number of rotatable bonds is 1. The van der Waals surface area contributed by atoms with Crippen molar-refractivity contribution < 1.29 is 4.74 Å². The molecule has 1 unspecified atom stereocenters. The molecule has 0 fully saturated rings. The number of hydrogen-bond acceptors (Lipinski definition) is 2. The molecule has 2 nitrogen and oxygen atoms in total. The maximum absolute atomic E-state index is 5.82. The molecule has 0 aromatic carbocycles. The molecule has 1 aliphatic rings. The lowest BCUT2D eigenvalue weighted by Gasteiger charge is -2.27. The van der Waals surface area contributed by atoms with Crippen molar-refractivity contribution in [1.82, 2.24) is 0 Å². The summed E-state index contributed by atoms with van der Waals surface area (Å²) in [6, 6.07) is 0. The average molecular weight is 127 g/mol. The molecular formula is C7H13NO. The van der Waals surface area contributed by atoms with Crippen molar-refractivity contribution in [1.29, 1.82) is 0 Å². The molecule has 0 spiro atoms. The van der Waals surface area contributed by atoms with Gasteiger partial charge in [-0.3, -0.25) is 5.73 Å². The Balaban J connectivity index is 2.55. The van der Waals surface area contributed by atoms with E-state index < -0.39 is 5.72 Å². The van der Waals surface area contributed by atoms with Crippen LogP contribution in [0.5, 0.6) is 0 Å². The quantitative estimate of drug-likeness (QED) is 0.575. The number of hydrogen-bond donors (Lipinski definition) is 1. The smallest absolute Gasteiger partial charge is 0.163 e. The van der Waals surface area contributed by atoms with Crippen molar-refractivity contribution in [3.63, 3.8) is 0 Å². The van der Waals surface area contributed by atoms with Gasteiger partial charge in [0, 0.05) is 12.3 Å². The largest absolute Gasteiger partial charge is 0.480 e. The number of ether oxygens (including phenoxy) is 1. The number of nitrogens with two attached hydrogens (primary N) is 1. The topological polar surface area (TPSA) is 35.2 Å². The fourth-order valence-corrected chi connectivity index (χ4v) is 0.827. The molecule has 0 radical (unpaired) electrons. The molecule has 1 atom stereocenters. The standard InChI is InChI=1S/C7H13NO/c1-6(2)7(8)4-3-5-9-7/h3,5-6H,4,8H2,1-2H3. The maximum atomic E-state index is 5.82. The molecule has 1 heterocycles. The van der Waals surface area contributed by atoms with E-state index in [1.165, 1.54) is 0 Å². The van der Waals surface area contributed by atoms with Gasteiger partial charge in [0.25, 0.3) is 0 Å². The first-order valence-electron chi connectivity index (χ1n) is 3.27. The average Bonchev–Trinajstić information content (AvgIpc) is 2.16. The summed E-state index contributed by atoms with van der Waals surface area (Å²) in [5.41, 5.74) is 5.40. The minimum atomic E-state index is -0.417. The van der Waals surface area contributed by atoms with E-state index in [-0.39, 0.29) is 0 Å². The lowest BCUT2D eigenvalue weighted by molar-refractivity contribution is 0.00693. The van der Waals surface area contributed by atoms with E-state index in [1.54, 1.807) is 6.26 Å². The molecule has 0 saturated carbocycles. The summed E-state index contributed by atoms with van der Waals surface area (Å²) in [6.45, 7) is 4.12. The molecule has 0 saturated heterocycles. The van der Waals surface area contributed by atoms with Gasteiger partial charge in [-0.25, -0.2) is 0 Å². The van der Waals surface area contributed by atoms with E-state index in [0.29, 0.717) is 5.92 Å². The molecule has 9 heavy (non-hydrogen) atoms. The van der Waals surface area contributed by atoms with Crippen LogP contribution < -0.4 is 5.73 Å². The van der Waals surface area contributed by atoms with Gasteiger partial charge in [0.1, 0.15) is 0 Å². The highest BCUT2D eigenvalue weighted by Crippen LogP contribution is 2.24. The van der Waals surface area contributed by atoms with Crippen LogP contribution in [0.4, 0.5) is 0 Å². The van der Waals surface area contributed by atoms with E-state index in [0.717, 1.165) is 6.42 Å². The van der Waals surface area contributed by atoms with E-state index >= 15 is 0 Å². The molecule has 0 aromatic rings. The Labute approximate surface area is 55.7 Å². The summed E-state index contributed by atoms with van der Waals surface area (Å²) < 4.78 is 5.20. The van der Waals surface area contributed by atoms with E-state index in [4.69, 9.17) is 10.5 Å². The molecule has 52 valence electrons. The van der Waals surface area contributed by atoms with Gasteiger partial charge < -0.3 is 4.74 Å². The van der Waals surface area contributed by atoms with Crippen LogP contribution in [0.2, 0.25) is 0 Å². The molecule has 0 amide bonds. The van der Waals surface area contributed by atoms with Crippen LogP contribution in [0.25, 0.3) is 0 Å². The molecule has 0 aliphatic carbocycles. The van der Waals surface area contributed by atoms with E-state index in [1.807, 2.05) is 6.08 Å². The van der Waals surface area contributed by atoms with Gasteiger partial charge in [-0.05, 0) is 6.08 Å². The molecule has 0 bridgehead atoms. The lowest BCUT2D eigenvalue weighted by atomic mass is 9.98. The van der Waals surface area contributed by atoms with Crippen LogP contribution in [0.15, 0.2) is 12.3 Å². The fourth-order valence-electron chi connectivity index (χ4n) is 0.827. The summed E-state index contributed by atoms with van der Waals surface area (Å²) in [5.74, 6) is 0.382. The highest BCUT2D eigenvalue weighted by Gasteiger charge is 2.31. The van der Waals surface area contributed by atoms with Crippen molar-refractivity contribution >= 4 is 0 Å². The predicted molar refractivity (Wildman–Crippen MR) is 36.6 cm³/mol. The zero-order chi connectivity index (χ0) is 6.91. The highest BCUT2D eigenvalue weighted by molar-refractivity contribution is 4.95. The Morgan fingerprint density at radius 2 is 2.33 bits per heavy atom. The van der Waals surface area contributed by atoms with E-state index in [9.17, 15) is 0 Å². The Bertz CT molecular complexity index is 121. The first-order chi connectivity index (χ1) is 4.15. The Morgan fingerprint density at radius 3 is 2.56 bits per heavy atom. The highest BCUT2D eigenvalue weighted by atomic mass is 16.5. The SMILES string of the molecule is CC(C)C1(N)CC=CO1. The summed E-state index contributed by atoms with van der Waals surface area (Å²) >= 11 is 0. The van der Waals surface area contributed by atoms with Crippen molar-refractivity contribution in [2.45, 2.75) is 26.0 Å². The third-order valence-electron chi connectivity index (χ3n) is 1.80. The van der Waals surface area contributed by atoms with Crippen LogP contribution in [0.3, 0.4) is 0 Å². The Hall–Kier alpha value is -0.500. The van der Waals surface area contributed by atoms with Gasteiger partial charge >= 0.3 is 0 Å². The van der Waals surface area contributed by atoms with Crippen LogP contribution in [0.1, 0.15) is 20.3 Å². The Morgan fingerprint density at radius 1 is 1.67 bits per heavy atom. The zero-order valence-electron chi connectivity index (χ0n) is 5.92. The third kappa shape index (κ3) is 1.08. The maximum Gasteiger partial charge on any atom is 0.163 e. The van der Waals surface area contributed by atoms with Gasteiger partial charge in [0.2, 0.25) is 0 Å². The third-order valence-corrected chi connectivity index (χ3v) is 1.80. The van der Waals surface area contributed by atoms with E-state index in [2.05, 4.69) is 13.8 Å². The Kier molecular flexibility index (Phi) is 1.49. The van der Waals surface area contributed by atoms with Gasteiger partial charge in [0.05, 0.1) is 6.26 Å². The van der Waals surface area contributed by atoms with Crippen molar-refractivity contribution in [2.75, 3.05) is 0 Å². The van der Waals surface area contributed by atoms with Crippen LogP contribution >= 0.6 is 0 Å². The normalized spacial score (nSPS) is 33.3. The molecule has 2 heteroatoms. The fraction of sp³-hybridized carbons (Fsp3) is 0.714. The van der Waals surface area contributed by atoms with Gasteiger partial charge in [-0.15, -0.1) is 0 Å². The second kappa shape index (κ2) is 2.03. The van der Waals surface area contributed by atoms with Gasteiger partial charge in [0.15, 0.2) is 5.72 Å². The minimum Gasteiger partial charge on any atom is -0.480 e. The van der Waals surface area contributed by atoms with Crippen LogP contribution in [0, 0.1) is 5.92 Å². The first-order valence-corrected chi connectivity index (χ1v) is 3.27. The molecule has 0 aromatic heterocycles. The van der Waals surface area contributed by atoms with Crippen molar-refractivity contribution in [3.05, 3.63) is 12.3 Å². The first kappa shape index (κ1) is 6.62. The predicted octanol–water partition coefficient (Wildman–Crippen LogP) is 1.23. The summed E-state index contributed by atoms with van der Waals surface area (Å²) in [5, 5.41) is 0. The van der Waals surface area contributed by atoms with Crippen LogP contribution in [-0.2, 0) is 4.74 Å². The van der Waals surface area contributed by atoms with Crippen LogP contribution in [-0.4, -0.2) is 5.72 Å². The second-order valence-corrected chi connectivity index (χ2v) is 2.80. The minimum absolute atomic E-state index is 0.382. The summed E-state index contributed by atoms with van der Waals surface area (Å²) in [4.78, 5) is 0. The van der Waals surface area contributed by atoms with Crippen molar-refractivity contribution in [3.8, 4) is 0 Å². The van der Waals surface area contributed by atoms with Crippen molar-refractivity contribution in [2.24, 2.45) is 11.7 Å². The van der Waals surface area contributed by atoms with Gasteiger partial charge in [-0.1, -0.05) is 13.8 Å². The molecule has 1 aliphatic heterocycles.